The summed E-state index contributed by atoms with van der Waals surface area (Å²) in [7, 11) is 1.48. The van der Waals surface area contributed by atoms with Gasteiger partial charge in [0.15, 0.2) is 6.61 Å². The van der Waals surface area contributed by atoms with E-state index in [1.165, 1.54) is 31.4 Å². The third kappa shape index (κ3) is 5.07. The SMILES string of the molecule is COc1ccc(C(=O)O[C@@H]([CH]OC(=O)c2ccc(C)cc2)C(=O)O)cc1. The lowest BCUT2D eigenvalue weighted by Gasteiger charge is -2.13. The van der Waals surface area contributed by atoms with Gasteiger partial charge in [-0.2, -0.15) is 0 Å². The molecule has 1 radical (unpaired) electrons. The molecule has 0 aliphatic carbocycles. The molecule has 7 nitrogen and oxygen atoms in total. The molecule has 2 aromatic carbocycles. The summed E-state index contributed by atoms with van der Waals surface area (Å²) in [6.45, 7) is 2.53. The second kappa shape index (κ2) is 8.66. The van der Waals surface area contributed by atoms with Crippen LogP contribution in [-0.4, -0.2) is 36.2 Å². The molecule has 0 saturated heterocycles. The molecule has 0 heterocycles. The van der Waals surface area contributed by atoms with E-state index in [-0.39, 0.29) is 11.1 Å². The van der Waals surface area contributed by atoms with Crippen molar-refractivity contribution in [2.45, 2.75) is 13.0 Å². The van der Waals surface area contributed by atoms with E-state index < -0.39 is 24.0 Å². The van der Waals surface area contributed by atoms with Crippen molar-refractivity contribution >= 4 is 17.9 Å². The Hall–Kier alpha value is -3.35. The first kappa shape index (κ1) is 19.0. The molecule has 0 aliphatic rings. The van der Waals surface area contributed by atoms with Gasteiger partial charge in [0, 0.05) is 0 Å². The number of carboxylic acid groups (broad SMARTS) is 1. The molecular weight excluding hydrogens is 340 g/mol. The van der Waals surface area contributed by atoms with Crippen LogP contribution in [-0.2, 0) is 14.3 Å². The first-order valence-corrected chi connectivity index (χ1v) is 7.59. The second-order valence-corrected chi connectivity index (χ2v) is 5.30. The lowest BCUT2D eigenvalue weighted by molar-refractivity contribution is -0.146. The third-order valence-electron chi connectivity index (χ3n) is 3.39. The maximum atomic E-state index is 12.0. The highest BCUT2D eigenvalue weighted by molar-refractivity contribution is 5.92. The molecule has 0 spiro atoms. The zero-order valence-electron chi connectivity index (χ0n) is 14.2. The van der Waals surface area contributed by atoms with Crippen molar-refractivity contribution in [2.75, 3.05) is 7.11 Å². The number of carboxylic acids is 1. The summed E-state index contributed by atoms with van der Waals surface area (Å²) >= 11 is 0. The summed E-state index contributed by atoms with van der Waals surface area (Å²) < 4.78 is 14.7. The molecule has 0 saturated carbocycles. The summed E-state index contributed by atoms with van der Waals surface area (Å²) in [6, 6.07) is 12.5. The highest BCUT2D eigenvalue weighted by Gasteiger charge is 2.26. The number of esters is 2. The van der Waals surface area contributed by atoms with E-state index in [1.807, 2.05) is 6.92 Å². The van der Waals surface area contributed by atoms with Crippen molar-refractivity contribution in [3.63, 3.8) is 0 Å². The van der Waals surface area contributed by atoms with Crippen molar-refractivity contribution in [1.29, 1.82) is 0 Å². The Labute approximate surface area is 150 Å². The Kier molecular flexibility index (Phi) is 6.32. The molecule has 0 aromatic heterocycles. The minimum Gasteiger partial charge on any atom is -0.497 e. The summed E-state index contributed by atoms with van der Waals surface area (Å²) in [5.74, 6) is -2.56. The number of aliphatic carboxylic acids is 1. The maximum Gasteiger partial charge on any atom is 0.349 e. The van der Waals surface area contributed by atoms with Gasteiger partial charge in [0.05, 0.1) is 18.2 Å². The number of hydrogen-bond acceptors (Lipinski definition) is 6. The lowest BCUT2D eigenvalue weighted by Crippen LogP contribution is -2.29. The quantitative estimate of drug-likeness (QED) is 0.760. The van der Waals surface area contributed by atoms with Crippen molar-refractivity contribution in [3.8, 4) is 5.75 Å². The van der Waals surface area contributed by atoms with Gasteiger partial charge in [-0.15, -0.1) is 0 Å². The molecule has 0 amide bonds. The fourth-order valence-electron chi connectivity index (χ4n) is 1.93. The highest BCUT2D eigenvalue weighted by Crippen LogP contribution is 2.14. The van der Waals surface area contributed by atoms with E-state index in [4.69, 9.17) is 19.3 Å². The number of rotatable bonds is 7. The average molecular weight is 357 g/mol. The largest absolute Gasteiger partial charge is 0.497 e. The van der Waals surface area contributed by atoms with Gasteiger partial charge in [0.2, 0.25) is 6.10 Å². The van der Waals surface area contributed by atoms with Crippen LogP contribution in [0.4, 0.5) is 0 Å². The van der Waals surface area contributed by atoms with Crippen LogP contribution in [0.25, 0.3) is 0 Å². The molecule has 0 bridgehead atoms. The van der Waals surface area contributed by atoms with Gasteiger partial charge in [0.25, 0.3) is 0 Å². The molecule has 7 heteroatoms. The summed E-state index contributed by atoms with van der Waals surface area (Å²) in [5, 5.41) is 9.15. The van der Waals surface area contributed by atoms with Crippen molar-refractivity contribution in [3.05, 3.63) is 71.8 Å². The molecule has 0 fully saturated rings. The highest BCUT2D eigenvalue weighted by atomic mass is 16.6. The van der Waals surface area contributed by atoms with Gasteiger partial charge in [-0.1, -0.05) is 17.7 Å². The normalized spacial score (nSPS) is 11.3. The van der Waals surface area contributed by atoms with Crippen LogP contribution in [0.15, 0.2) is 48.5 Å². The first-order valence-electron chi connectivity index (χ1n) is 7.59. The summed E-state index contributed by atoms with van der Waals surface area (Å²) in [5.41, 5.74) is 1.34. The van der Waals surface area contributed by atoms with Crippen LogP contribution < -0.4 is 4.74 Å². The van der Waals surface area contributed by atoms with Gasteiger partial charge in [-0.3, -0.25) is 0 Å². The number of carbonyl (C=O) groups is 3. The van der Waals surface area contributed by atoms with Gasteiger partial charge in [-0.25, -0.2) is 14.4 Å². The third-order valence-corrected chi connectivity index (χ3v) is 3.39. The maximum absolute atomic E-state index is 12.0. The minimum absolute atomic E-state index is 0.135. The van der Waals surface area contributed by atoms with E-state index in [0.717, 1.165) is 5.56 Å². The molecule has 135 valence electrons. The Morgan fingerprint density at radius 1 is 0.923 bits per heavy atom. The van der Waals surface area contributed by atoms with E-state index in [9.17, 15) is 14.4 Å². The fraction of sp³-hybridized carbons (Fsp3) is 0.158. The van der Waals surface area contributed by atoms with Gasteiger partial charge in [0.1, 0.15) is 5.75 Å². The molecular formula is C19H17O7. The number of benzene rings is 2. The van der Waals surface area contributed by atoms with E-state index >= 15 is 0 Å². The van der Waals surface area contributed by atoms with E-state index in [2.05, 4.69) is 0 Å². The second-order valence-electron chi connectivity index (χ2n) is 5.30. The fourth-order valence-corrected chi connectivity index (χ4v) is 1.93. The van der Waals surface area contributed by atoms with Crippen molar-refractivity contribution in [1.82, 2.24) is 0 Å². The Morgan fingerprint density at radius 2 is 1.46 bits per heavy atom. The predicted octanol–water partition coefficient (Wildman–Crippen LogP) is 2.63. The van der Waals surface area contributed by atoms with Crippen LogP contribution in [0.1, 0.15) is 26.3 Å². The number of methoxy groups -OCH3 is 1. The van der Waals surface area contributed by atoms with Crippen LogP contribution in [0.2, 0.25) is 0 Å². The molecule has 2 rings (SSSR count). The Balaban J connectivity index is 1.97. The topological polar surface area (TPSA) is 99.1 Å². The van der Waals surface area contributed by atoms with E-state index in [1.54, 1.807) is 24.3 Å². The predicted molar refractivity (Wildman–Crippen MR) is 90.7 cm³/mol. The van der Waals surface area contributed by atoms with Crippen molar-refractivity contribution in [2.24, 2.45) is 0 Å². The van der Waals surface area contributed by atoms with Gasteiger partial charge in [-0.05, 0) is 43.3 Å². The van der Waals surface area contributed by atoms with Gasteiger partial charge < -0.3 is 19.3 Å². The number of aryl methyl sites for hydroxylation is 1. The zero-order chi connectivity index (χ0) is 19.1. The average Bonchev–Trinajstić information content (AvgIpc) is 2.65. The Morgan fingerprint density at radius 3 is 2.00 bits per heavy atom. The number of ether oxygens (including phenoxy) is 3. The van der Waals surface area contributed by atoms with E-state index in [0.29, 0.717) is 12.4 Å². The summed E-state index contributed by atoms with van der Waals surface area (Å²) in [4.78, 5) is 35.2. The molecule has 26 heavy (non-hydrogen) atoms. The van der Waals surface area contributed by atoms with Crippen LogP contribution in [0, 0.1) is 13.5 Å². The number of hydrogen-bond donors (Lipinski definition) is 1. The monoisotopic (exact) mass is 357 g/mol. The number of carbonyl (C=O) groups excluding carboxylic acids is 2. The van der Waals surface area contributed by atoms with Gasteiger partial charge >= 0.3 is 17.9 Å². The Bertz CT molecular complexity index is 779. The molecule has 1 atom stereocenters. The minimum atomic E-state index is -1.74. The molecule has 1 N–H and O–H groups in total. The van der Waals surface area contributed by atoms with Crippen LogP contribution in [0.3, 0.4) is 0 Å². The smallest absolute Gasteiger partial charge is 0.349 e. The van der Waals surface area contributed by atoms with Crippen molar-refractivity contribution < 1.29 is 33.7 Å². The standard InChI is InChI=1S/C19H17O7/c1-12-3-5-13(6-4-12)18(22)25-11-16(17(20)21)26-19(23)14-7-9-15(24-2)10-8-14/h3-11,16H,1-2H3,(H,20,21)/t16-/m0/s1. The van der Waals surface area contributed by atoms with Crippen LogP contribution in [0.5, 0.6) is 5.75 Å². The molecule has 0 aliphatic heterocycles. The zero-order valence-corrected chi connectivity index (χ0v) is 14.2. The lowest BCUT2D eigenvalue weighted by atomic mass is 10.1. The summed E-state index contributed by atoms with van der Waals surface area (Å²) in [6.07, 6.45) is -1.74. The first-order chi connectivity index (χ1) is 12.4. The molecule has 0 unspecified atom stereocenters. The molecule has 2 aromatic rings. The van der Waals surface area contributed by atoms with Crippen LogP contribution >= 0.6 is 0 Å².